The number of thioether (sulfide) groups is 4. The van der Waals surface area contributed by atoms with Crippen molar-refractivity contribution in [3.05, 3.63) is 71.6 Å². The van der Waals surface area contributed by atoms with Gasteiger partial charge in [0.25, 0.3) is 0 Å². The molecule has 0 bridgehead atoms. The van der Waals surface area contributed by atoms with E-state index >= 15 is 0 Å². The highest BCUT2D eigenvalue weighted by atomic mass is 32.2. The first-order valence-electron chi connectivity index (χ1n) is 5.42. The molecule has 1 aromatic carbocycles. The Hall–Kier alpha value is -0.420. The van der Waals surface area contributed by atoms with Crippen LogP contribution in [0.25, 0.3) is 6.08 Å². The standard InChI is InChI=1S/C14H10S4/c1-2-4-11(5-3-1)6-7-12-10-17-14(18-12)13-15-8-9-16-13/h1-10H/b7-6-. The molecule has 0 atom stereocenters. The van der Waals surface area contributed by atoms with E-state index in [9.17, 15) is 0 Å². The predicted molar refractivity (Wildman–Crippen MR) is 90.1 cm³/mol. The van der Waals surface area contributed by atoms with Crippen LogP contribution in [0.15, 0.2) is 66.0 Å². The van der Waals surface area contributed by atoms with E-state index in [1.165, 1.54) is 18.9 Å². The molecule has 0 amide bonds. The Morgan fingerprint density at radius 2 is 1.56 bits per heavy atom. The minimum Gasteiger partial charge on any atom is -0.0884 e. The minimum absolute atomic E-state index is 1.25. The fraction of sp³-hybridized carbons (Fsp3) is 0. The molecule has 0 saturated heterocycles. The maximum atomic E-state index is 2.23. The van der Waals surface area contributed by atoms with Crippen molar-refractivity contribution < 1.29 is 0 Å². The van der Waals surface area contributed by atoms with Gasteiger partial charge in [-0.3, -0.25) is 0 Å². The largest absolute Gasteiger partial charge is 0.0884 e. The second kappa shape index (κ2) is 6.15. The molecule has 0 aromatic heterocycles. The van der Waals surface area contributed by atoms with Crippen molar-refractivity contribution >= 4 is 53.1 Å². The van der Waals surface area contributed by atoms with Crippen LogP contribution in [0.3, 0.4) is 0 Å². The molecule has 0 fully saturated rings. The Morgan fingerprint density at radius 3 is 2.33 bits per heavy atom. The van der Waals surface area contributed by atoms with Crippen molar-refractivity contribution in [3.63, 3.8) is 0 Å². The van der Waals surface area contributed by atoms with Crippen LogP contribution in [0.2, 0.25) is 0 Å². The van der Waals surface area contributed by atoms with Crippen LogP contribution < -0.4 is 0 Å². The lowest BCUT2D eigenvalue weighted by atomic mass is 10.2. The Morgan fingerprint density at radius 1 is 0.778 bits per heavy atom. The molecule has 2 aliphatic rings. The number of rotatable bonds is 2. The summed E-state index contributed by atoms with van der Waals surface area (Å²) in [5.74, 6) is 0. The van der Waals surface area contributed by atoms with E-state index in [0.29, 0.717) is 0 Å². The SMILES string of the molecule is C1=CSC(=C2SC=C(/C=C\c3ccccc3)S2)S1. The average molecular weight is 307 g/mol. The van der Waals surface area contributed by atoms with Crippen molar-refractivity contribution in [3.8, 4) is 0 Å². The van der Waals surface area contributed by atoms with E-state index < -0.39 is 0 Å². The van der Waals surface area contributed by atoms with Gasteiger partial charge in [0.2, 0.25) is 0 Å². The van der Waals surface area contributed by atoms with Crippen LogP contribution in [-0.2, 0) is 0 Å². The van der Waals surface area contributed by atoms with E-state index in [4.69, 9.17) is 0 Å². The third-order valence-corrected chi connectivity index (χ3v) is 7.31. The molecule has 2 heterocycles. The number of hydrogen-bond acceptors (Lipinski definition) is 4. The fourth-order valence-corrected chi connectivity index (χ4v) is 5.82. The molecule has 18 heavy (non-hydrogen) atoms. The second-order valence-corrected chi connectivity index (χ2v) is 7.88. The lowest BCUT2D eigenvalue weighted by Gasteiger charge is -1.99. The molecular weight excluding hydrogens is 296 g/mol. The third-order valence-electron chi connectivity index (χ3n) is 2.30. The van der Waals surface area contributed by atoms with Crippen LogP contribution in [0, 0.1) is 0 Å². The zero-order valence-corrected chi connectivity index (χ0v) is 12.7. The van der Waals surface area contributed by atoms with Crippen molar-refractivity contribution in [2.24, 2.45) is 0 Å². The smallest absolute Gasteiger partial charge is 0.0700 e. The predicted octanol–water partition coefficient (Wildman–Crippen LogP) is 6.10. The molecule has 0 spiro atoms. The summed E-state index contributed by atoms with van der Waals surface area (Å²) in [7, 11) is 0. The molecule has 4 heteroatoms. The number of allylic oxidation sites excluding steroid dienone is 1. The molecule has 0 saturated carbocycles. The van der Waals surface area contributed by atoms with Crippen molar-refractivity contribution in [1.82, 2.24) is 0 Å². The maximum Gasteiger partial charge on any atom is 0.0700 e. The lowest BCUT2D eigenvalue weighted by Crippen LogP contribution is -1.69. The van der Waals surface area contributed by atoms with Gasteiger partial charge in [-0.25, -0.2) is 0 Å². The molecule has 0 unspecified atom stereocenters. The van der Waals surface area contributed by atoms with Crippen LogP contribution in [0.4, 0.5) is 0 Å². The first-order valence-corrected chi connectivity index (χ1v) is 8.88. The summed E-state index contributed by atoms with van der Waals surface area (Å²) >= 11 is 7.33. The normalized spacial score (nSPS) is 19.0. The molecular formula is C14H10S4. The summed E-state index contributed by atoms with van der Waals surface area (Å²) in [6.45, 7) is 0. The molecule has 2 aliphatic heterocycles. The van der Waals surface area contributed by atoms with E-state index in [0.717, 1.165) is 0 Å². The first kappa shape index (κ1) is 12.6. The summed E-state index contributed by atoms with van der Waals surface area (Å²) in [6, 6.07) is 10.4. The third kappa shape index (κ3) is 3.12. The zero-order valence-electron chi connectivity index (χ0n) is 9.41. The molecule has 1 aromatic rings. The average Bonchev–Trinajstić information content (AvgIpc) is 3.08. The lowest BCUT2D eigenvalue weighted by molar-refractivity contribution is 1.66. The molecule has 90 valence electrons. The van der Waals surface area contributed by atoms with Gasteiger partial charge in [0, 0.05) is 4.91 Å². The van der Waals surface area contributed by atoms with E-state index in [1.54, 1.807) is 0 Å². The second-order valence-electron chi connectivity index (χ2n) is 3.57. The summed E-state index contributed by atoms with van der Waals surface area (Å²) in [4.78, 5) is 1.32. The molecule has 0 nitrogen and oxygen atoms in total. The monoisotopic (exact) mass is 306 g/mol. The highest BCUT2D eigenvalue weighted by molar-refractivity contribution is 8.33. The Kier molecular flexibility index (Phi) is 4.31. The topological polar surface area (TPSA) is 0 Å². The summed E-state index contributed by atoms with van der Waals surface area (Å²) < 4.78 is 2.81. The van der Waals surface area contributed by atoms with E-state index in [-0.39, 0.29) is 0 Å². The minimum atomic E-state index is 1.25. The highest BCUT2D eigenvalue weighted by Gasteiger charge is 2.16. The van der Waals surface area contributed by atoms with Gasteiger partial charge < -0.3 is 0 Å². The zero-order chi connectivity index (χ0) is 12.2. The Labute approximate surface area is 124 Å². The fourth-order valence-electron chi connectivity index (χ4n) is 1.48. The molecule has 0 N–H and O–H groups in total. The summed E-state index contributed by atoms with van der Waals surface area (Å²) in [5.41, 5.74) is 1.25. The van der Waals surface area contributed by atoms with Crippen LogP contribution >= 0.6 is 47.0 Å². The van der Waals surface area contributed by atoms with Crippen molar-refractivity contribution in [2.75, 3.05) is 0 Å². The van der Waals surface area contributed by atoms with Gasteiger partial charge in [-0.1, -0.05) is 83.5 Å². The summed E-state index contributed by atoms with van der Waals surface area (Å²) in [5, 5.41) is 6.52. The van der Waals surface area contributed by atoms with Crippen molar-refractivity contribution in [1.29, 1.82) is 0 Å². The van der Waals surface area contributed by atoms with Gasteiger partial charge in [-0.05, 0) is 27.9 Å². The van der Waals surface area contributed by atoms with Crippen LogP contribution in [0.1, 0.15) is 5.56 Å². The quantitative estimate of drug-likeness (QED) is 0.647. The molecule has 0 aliphatic carbocycles. The number of hydrogen-bond donors (Lipinski definition) is 0. The van der Waals surface area contributed by atoms with Crippen LogP contribution in [0.5, 0.6) is 0 Å². The van der Waals surface area contributed by atoms with Gasteiger partial charge in [-0.15, -0.1) is 0 Å². The summed E-state index contributed by atoms with van der Waals surface area (Å²) in [6.07, 6.45) is 4.36. The highest BCUT2D eigenvalue weighted by Crippen LogP contribution is 2.53. The van der Waals surface area contributed by atoms with Gasteiger partial charge in [0.15, 0.2) is 0 Å². The Balaban J connectivity index is 1.66. The molecule has 0 radical (unpaired) electrons. The first-order chi connectivity index (χ1) is 8.92. The van der Waals surface area contributed by atoms with E-state index in [1.807, 2.05) is 53.1 Å². The van der Waals surface area contributed by atoms with Gasteiger partial charge in [0.05, 0.1) is 8.47 Å². The Bertz CT molecular complexity index is 542. The van der Waals surface area contributed by atoms with Crippen LogP contribution in [-0.4, -0.2) is 0 Å². The maximum absolute atomic E-state index is 2.23. The van der Waals surface area contributed by atoms with Gasteiger partial charge >= 0.3 is 0 Å². The van der Waals surface area contributed by atoms with E-state index in [2.05, 4.69) is 52.6 Å². The number of benzene rings is 1. The van der Waals surface area contributed by atoms with Gasteiger partial charge in [-0.2, -0.15) is 0 Å². The van der Waals surface area contributed by atoms with Crippen molar-refractivity contribution in [2.45, 2.75) is 0 Å². The van der Waals surface area contributed by atoms with Gasteiger partial charge in [0.1, 0.15) is 0 Å². The molecule has 3 rings (SSSR count).